The van der Waals surface area contributed by atoms with Gasteiger partial charge in [-0.1, -0.05) is 39.3 Å². The van der Waals surface area contributed by atoms with Gasteiger partial charge < -0.3 is 33.0 Å². The molecule has 3 aliphatic rings. The van der Waals surface area contributed by atoms with Gasteiger partial charge in [-0.2, -0.15) is 29.6 Å². The largest absolute Gasteiger partial charge is 0.460 e. The average Bonchev–Trinajstić information content (AvgIpc) is 3.60. The quantitative estimate of drug-likeness (QED) is 0.0112. The summed E-state index contributed by atoms with van der Waals surface area (Å²) >= 11 is 0. The van der Waals surface area contributed by atoms with Crippen LogP contribution in [0.2, 0.25) is 0 Å². The van der Waals surface area contributed by atoms with E-state index >= 15 is 0 Å². The third kappa shape index (κ3) is 18.5. The van der Waals surface area contributed by atoms with Crippen molar-refractivity contribution < 1.29 is 85.0 Å². The first-order valence-corrected chi connectivity index (χ1v) is 29.7. The van der Waals surface area contributed by atoms with E-state index in [1.807, 2.05) is 66.7 Å². The van der Waals surface area contributed by atoms with E-state index in [-0.39, 0.29) is 57.4 Å². The van der Waals surface area contributed by atoms with E-state index in [9.17, 15) is 56.9 Å². The molecular weight excluding hydrogens is 1070 g/mol. The first-order chi connectivity index (χ1) is 36.1. The third-order valence-corrected chi connectivity index (χ3v) is 15.3. The zero-order valence-corrected chi connectivity index (χ0v) is 46.6. The van der Waals surface area contributed by atoms with Gasteiger partial charge in [0.05, 0.1) is 62.1 Å². The molecule has 2 aromatic rings. The smallest absolute Gasteiger partial charge is 0.311 e. The van der Waals surface area contributed by atoms with Crippen LogP contribution in [0, 0.1) is 24.4 Å². The van der Waals surface area contributed by atoms with Crippen molar-refractivity contribution in [3.8, 4) is 17.1 Å². The summed E-state index contributed by atoms with van der Waals surface area (Å²) in [6.07, 6.45) is 6.33. The molecule has 0 bridgehead atoms. The molecule has 1 aliphatic carbocycles. The second-order valence-electron chi connectivity index (χ2n) is 19.8. The Labute approximate surface area is 449 Å². The van der Waals surface area contributed by atoms with Gasteiger partial charge >= 0.3 is 5.97 Å². The molecule has 3 N–H and O–H groups in total. The molecule has 0 aromatic heterocycles. The summed E-state index contributed by atoms with van der Waals surface area (Å²) < 4.78 is 180. The lowest BCUT2D eigenvalue weighted by atomic mass is 9.77. The number of methoxy groups -OCH3 is 1. The minimum atomic E-state index is -4.70. The summed E-state index contributed by atoms with van der Waals surface area (Å²) in [4.78, 5) is 14.2. The summed E-state index contributed by atoms with van der Waals surface area (Å²) in [5, 5.41) is 0.693. The van der Waals surface area contributed by atoms with E-state index < -0.39 is 86.8 Å². The fourth-order valence-electron chi connectivity index (χ4n) is 8.79. The zero-order chi connectivity index (χ0) is 56.8. The van der Waals surface area contributed by atoms with Crippen molar-refractivity contribution in [1.29, 1.82) is 0 Å². The SMILES string of the molecule is COCCOCCOCCOCC[N+](CCCS(=O)(=O)O)=c1ccc2c(/C=C/C=C3\N(CCCCCC(=O)Oc4c(F)c(C)cc(F)c4F)c4ccc(S(=O)(=O)O)cc4C3(C)CCCS(=O)(=O)O)cc(C(C)(C)C)oc-2c1. The summed E-state index contributed by atoms with van der Waals surface area (Å²) in [7, 11) is -11.8. The number of nitrogens with zero attached hydrogens (tertiary/aromatic N) is 2. The molecule has 0 spiro atoms. The maximum absolute atomic E-state index is 14.6. The van der Waals surface area contributed by atoms with Crippen molar-refractivity contribution in [2.75, 3.05) is 89.4 Å². The lowest BCUT2D eigenvalue weighted by Gasteiger charge is -2.30. The fourth-order valence-corrected chi connectivity index (χ4v) is 10.3. The van der Waals surface area contributed by atoms with E-state index in [2.05, 4.69) is 0 Å². The zero-order valence-electron chi connectivity index (χ0n) is 44.2. The standard InChI is InChI=1S/C53H69F3N2O16S3/c1-37-33-43(54)50(56)51(49(37)55)74-48(59)15-8-7-9-22-58-44-19-17-40(77(66,67)68)36-42(44)53(5,20-11-31-75(60,61)62)46(58)14-10-13-38-34-47(52(2,3)4)73-45-35-39(16-18-41(38)45)57(21-12-32-76(63,64)65)23-24-70-27-28-72-30-29-71-26-25-69-6/h10,13-14,16-19,33-36H,7-9,11-12,15,20-32H2,1-6H3,(H2-,60,61,62,63,64,65,66,67,68)/p+1. The molecule has 0 saturated heterocycles. The molecule has 0 saturated carbocycles. The third-order valence-electron chi connectivity index (χ3n) is 12.8. The van der Waals surface area contributed by atoms with Gasteiger partial charge in [0, 0.05) is 60.3 Å². The van der Waals surface area contributed by atoms with E-state index in [1.165, 1.54) is 25.1 Å². The van der Waals surface area contributed by atoms with Crippen LogP contribution in [0.25, 0.3) is 17.4 Å². The molecule has 2 heterocycles. The number of ether oxygens (including phenoxy) is 5. The van der Waals surface area contributed by atoms with Crippen LogP contribution in [0.5, 0.6) is 5.75 Å². The Morgan fingerprint density at radius 1 is 0.779 bits per heavy atom. The van der Waals surface area contributed by atoms with Gasteiger partial charge in [0.15, 0.2) is 18.2 Å². The van der Waals surface area contributed by atoms with Crippen molar-refractivity contribution in [2.45, 2.75) is 95.3 Å². The Hall–Kier alpha value is -5.02. The van der Waals surface area contributed by atoms with Gasteiger partial charge in [-0.05, 0) is 98.7 Å². The molecule has 24 heteroatoms. The number of hydrogen-bond donors (Lipinski definition) is 3. The van der Waals surface area contributed by atoms with Crippen LogP contribution in [0.1, 0.15) is 95.1 Å². The van der Waals surface area contributed by atoms with Crippen LogP contribution in [0.15, 0.2) is 75.7 Å². The molecule has 426 valence electrons. The van der Waals surface area contributed by atoms with Crippen molar-refractivity contribution in [1.82, 2.24) is 4.58 Å². The second-order valence-corrected chi connectivity index (χ2v) is 24.4. The molecule has 5 rings (SSSR count). The van der Waals surface area contributed by atoms with Crippen LogP contribution >= 0.6 is 0 Å². The Balaban J connectivity index is 1.49. The molecule has 0 amide bonds. The number of aryl methyl sites for hydroxylation is 1. The van der Waals surface area contributed by atoms with Gasteiger partial charge in [0.2, 0.25) is 16.9 Å². The van der Waals surface area contributed by atoms with Crippen molar-refractivity contribution in [2.24, 2.45) is 0 Å². The molecule has 77 heavy (non-hydrogen) atoms. The minimum absolute atomic E-state index is 0.0464. The topological polar surface area (TPSA) is 246 Å². The number of halogens is 3. The first kappa shape index (κ1) is 62.8. The summed E-state index contributed by atoms with van der Waals surface area (Å²) in [5.74, 6) is -6.22. The van der Waals surface area contributed by atoms with Crippen LogP contribution in [-0.4, -0.2) is 129 Å². The first-order valence-electron chi connectivity index (χ1n) is 25.0. The van der Waals surface area contributed by atoms with E-state index in [4.69, 9.17) is 28.1 Å². The van der Waals surface area contributed by atoms with Crippen molar-refractivity contribution in [3.63, 3.8) is 0 Å². The molecule has 2 aliphatic heterocycles. The lowest BCUT2D eigenvalue weighted by Crippen LogP contribution is -2.35. The predicted octanol–water partition coefficient (Wildman–Crippen LogP) is 7.91. The maximum atomic E-state index is 14.6. The van der Waals surface area contributed by atoms with E-state index in [0.29, 0.717) is 104 Å². The number of allylic oxidation sites excluding steroid dienone is 3. The van der Waals surface area contributed by atoms with E-state index in [1.54, 1.807) is 20.1 Å². The van der Waals surface area contributed by atoms with Crippen LogP contribution in [0.3, 0.4) is 0 Å². The number of carbonyl (C=O) groups excluding carboxylic acids is 1. The van der Waals surface area contributed by atoms with E-state index in [0.717, 1.165) is 5.56 Å². The highest BCUT2D eigenvalue weighted by Gasteiger charge is 2.44. The van der Waals surface area contributed by atoms with Gasteiger partial charge in [0.1, 0.15) is 24.7 Å². The van der Waals surface area contributed by atoms with Crippen LogP contribution in [0.4, 0.5) is 18.9 Å². The number of rotatable bonds is 30. The summed E-state index contributed by atoms with van der Waals surface area (Å²) in [6, 6.07) is 12.2. The normalized spacial score (nSPS) is 16.3. The highest BCUT2D eigenvalue weighted by atomic mass is 32.2. The van der Waals surface area contributed by atoms with Crippen molar-refractivity contribution >= 4 is 48.1 Å². The lowest BCUT2D eigenvalue weighted by molar-refractivity contribution is -0.135. The Kier molecular flexibility index (Phi) is 22.6. The Morgan fingerprint density at radius 2 is 1.43 bits per heavy atom. The number of hydrogen-bond acceptors (Lipinski definition) is 14. The Bertz CT molecular complexity index is 3110. The number of carbonyl (C=O) groups is 1. The number of unbranched alkanes of at least 4 members (excludes halogenated alkanes) is 2. The molecule has 0 radical (unpaired) electrons. The average molecular weight is 1140 g/mol. The summed E-state index contributed by atoms with van der Waals surface area (Å²) in [5.41, 5.74) is 1.18. The molecule has 2 aromatic carbocycles. The fraction of sp³-hybridized carbons (Fsp3) is 0.509. The molecule has 18 nitrogen and oxygen atoms in total. The highest BCUT2D eigenvalue weighted by Crippen LogP contribution is 2.51. The monoisotopic (exact) mass is 1140 g/mol. The van der Waals surface area contributed by atoms with Crippen LogP contribution < -0.4 is 19.6 Å². The molecule has 0 fully saturated rings. The maximum Gasteiger partial charge on any atom is 0.311 e. The number of fused-ring (bicyclic) bond motifs is 2. The van der Waals surface area contributed by atoms with Gasteiger partial charge in [0.25, 0.3) is 30.4 Å². The number of esters is 1. The highest BCUT2D eigenvalue weighted by molar-refractivity contribution is 7.86. The van der Waals surface area contributed by atoms with Gasteiger partial charge in [-0.25, -0.2) is 13.4 Å². The summed E-state index contributed by atoms with van der Waals surface area (Å²) in [6.45, 7) is 12.5. The molecule has 1 unspecified atom stereocenters. The molecule has 1 atom stereocenters. The second kappa shape index (κ2) is 27.7. The predicted molar refractivity (Wildman–Crippen MR) is 283 cm³/mol. The van der Waals surface area contributed by atoms with Gasteiger partial charge in [-0.15, -0.1) is 0 Å². The number of anilines is 1. The van der Waals surface area contributed by atoms with Crippen LogP contribution in [-0.2, 0) is 64.9 Å². The van der Waals surface area contributed by atoms with Crippen molar-refractivity contribution in [3.05, 3.63) is 112 Å². The Morgan fingerprint density at radius 3 is 2.06 bits per heavy atom. The van der Waals surface area contributed by atoms with Gasteiger partial charge in [-0.3, -0.25) is 18.5 Å². The minimum Gasteiger partial charge on any atom is -0.460 e. The number of benzene rings is 3. The molecular formula is C53H70F3N2O16S3+.